The molecule has 0 saturated heterocycles. The molecule has 0 radical (unpaired) electrons. The number of methoxy groups -OCH3 is 1. The predicted molar refractivity (Wildman–Crippen MR) is 60.6 cm³/mol. The van der Waals surface area contributed by atoms with Crippen molar-refractivity contribution in [3.05, 3.63) is 0 Å². The van der Waals surface area contributed by atoms with Crippen LogP contribution in [0.3, 0.4) is 0 Å². The molecule has 0 amide bonds. The van der Waals surface area contributed by atoms with Crippen LogP contribution in [0.4, 0.5) is 8.78 Å². The van der Waals surface area contributed by atoms with Gasteiger partial charge < -0.3 is 4.74 Å². The maximum absolute atomic E-state index is 13.4. The molecule has 0 heterocycles. The highest BCUT2D eigenvalue weighted by Gasteiger charge is 2.40. The number of ether oxygens (including phenoxy) is 1. The summed E-state index contributed by atoms with van der Waals surface area (Å²) in [6.07, 6.45) is -1.01. The van der Waals surface area contributed by atoms with Gasteiger partial charge in [-0.1, -0.05) is 13.8 Å². The van der Waals surface area contributed by atoms with Crippen molar-refractivity contribution in [3.8, 4) is 0 Å². The highest BCUT2D eigenvalue weighted by Crippen LogP contribution is 2.26. The molecule has 106 valence electrons. The smallest absolute Gasteiger partial charge is 0.381 e. The Morgan fingerprint density at radius 1 is 1.44 bits per heavy atom. The van der Waals surface area contributed by atoms with E-state index in [0.29, 0.717) is 0 Å². The Morgan fingerprint density at radius 2 is 2.00 bits per heavy atom. The van der Waals surface area contributed by atoms with E-state index < -0.39 is 33.0 Å². The van der Waals surface area contributed by atoms with Crippen molar-refractivity contribution in [2.45, 2.75) is 38.7 Å². The van der Waals surface area contributed by atoms with Crippen molar-refractivity contribution in [1.29, 1.82) is 0 Å². The SMILES string of the molecule is COC(CCC(F)(F)C(=O)CO[P+](=O)O)C(C)C. The van der Waals surface area contributed by atoms with Crippen molar-refractivity contribution < 1.29 is 32.3 Å². The fourth-order valence-electron chi connectivity index (χ4n) is 1.41. The quantitative estimate of drug-likeness (QED) is 0.659. The van der Waals surface area contributed by atoms with Gasteiger partial charge in [0, 0.05) is 18.1 Å². The van der Waals surface area contributed by atoms with E-state index in [0.717, 1.165) is 0 Å². The standard InChI is InChI=1S/C10H17F2O5P/c1-7(2)8(16-3)4-5-10(11,12)9(13)6-17-18(14)15/h7-8H,4-6H2,1-3H3/p+1. The lowest BCUT2D eigenvalue weighted by molar-refractivity contribution is -0.147. The molecule has 18 heavy (non-hydrogen) atoms. The number of ketones is 1. The normalized spacial score (nSPS) is 14.7. The lowest BCUT2D eigenvalue weighted by atomic mass is 9.98. The van der Waals surface area contributed by atoms with Crippen LogP contribution in [0.5, 0.6) is 0 Å². The van der Waals surface area contributed by atoms with Crippen LogP contribution in [-0.2, 0) is 18.6 Å². The highest BCUT2D eigenvalue weighted by molar-refractivity contribution is 7.32. The van der Waals surface area contributed by atoms with Gasteiger partial charge in [0.1, 0.15) is 0 Å². The molecule has 0 aromatic heterocycles. The topological polar surface area (TPSA) is 72.8 Å². The fraction of sp³-hybridized carbons (Fsp3) is 0.900. The summed E-state index contributed by atoms with van der Waals surface area (Å²) in [7, 11) is -1.62. The second kappa shape index (κ2) is 7.84. The number of rotatable bonds is 9. The lowest BCUT2D eigenvalue weighted by Gasteiger charge is -2.21. The summed E-state index contributed by atoms with van der Waals surface area (Å²) in [5, 5.41) is 0. The highest BCUT2D eigenvalue weighted by atomic mass is 31.1. The maximum Gasteiger partial charge on any atom is 0.695 e. The summed E-state index contributed by atoms with van der Waals surface area (Å²) < 4.78 is 45.9. The second-order valence-corrected chi connectivity index (χ2v) is 4.93. The minimum Gasteiger partial charge on any atom is -0.381 e. The summed E-state index contributed by atoms with van der Waals surface area (Å²) in [5.41, 5.74) is 0. The monoisotopic (exact) mass is 287 g/mol. The average Bonchev–Trinajstić information content (AvgIpc) is 2.25. The maximum atomic E-state index is 13.4. The van der Waals surface area contributed by atoms with E-state index in [-0.39, 0.29) is 18.4 Å². The molecule has 1 N–H and O–H groups in total. The first-order valence-corrected chi connectivity index (χ1v) is 6.56. The third-order valence-electron chi connectivity index (χ3n) is 2.50. The molecule has 0 rings (SSSR count). The van der Waals surface area contributed by atoms with Crippen LogP contribution >= 0.6 is 8.25 Å². The summed E-state index contributed by atoms with van der Waals surface area (Å²) in [4.78, 5) is 19.4. The Labute approximate surface area is 105 Å². The first-order chi connectivity index (χ1) is 8.20. The van der Waals surface area contributed by atoms with Gasteiger partial charge in [0.05, 0.1) is 6.10 Å². The summed E-state index contributed by atoms with van der Waals surface area (Å²) in [6, 6.07) is 0. The molecule has 8 heteroatoms. The number of hydrogen-bond acceptors (Lipinski definition) is 4. The molecule has 0 aliphatic heterocycles. The van der Waals surface area contributed by atoms with E-state index in [1.54, 1.807) is 0 Å². The number of hydrogen-bond donors (Lipinski definition) is 1. The van der Waals surface area contributed by atoms with Gasteiger partial charge in [-0.05, 0) is 12.3 Å². The molecule has 2 unspecified atom stereocenters. The van der Waals surface area contributed by atoms with Crippen molar-refractivity contribution in [2.24, 2.45) is 5.92 Å². The summed E-state index contributed by atoms with van der Waals surface area (Å²) >= 11 is 0. The first-order valence-electron chi connectivity index (χ1n) is 5.43. The molecular weight excluding hydrogens is 269 g/mol. The van der Waals surface area contributed by atoms with Crippen LogP contribution in [0.15, 0.2) is 0 Å². The van der Waals surface area contributed by atoms with Crippen LogP contribution in [0.2, 0.25) is 0 Å². The third-order valence-corrected chi connectivity index (χ3v) is 2.85. The molecule has 0 aromatic carbocycles. The van der Waals surface area contributed by atoms with Gasteiger partial charge in [0.25, 0.3) is 0 Å². The number of Topliss-reactive ketones (excluding diaryl/α,β-unsaturated/α-hetero) is 1. The van der Waals surface area contributed by atoms with Crippen LogP contribution in [0, 0.1) is 5.92 Å². The van der Waals surface area contributed by atoms with Crippen molar-refractivity contribution in [2.75, 3.05) is 13.7 Å². The zero-order chi connectivity index (χ0) is 14.3. The predicted octanol–water partition coefficient (Wildman–Crippen LogP) is 2.31. The Bertz CT molecular complexity index is 296. The van der Waals surface area contributed by atoms with Gasteiger partial charge in [-0.25, -0.2) is 0 Å². The number of alkyl halides is 2. The van der Waals surface area contributed by atoms with E-state index in [9.17, 15) is 18.1 Å². The number of carbonyl (C=O) groups excluding carboxylic acids is 1. The summed E-state index contributed by atoms with van der Waals surface area (Å²) in [6.45, 7) is 2.58. The third kappa shape index (κ3) is 6.44. The molecule has 0 aromatic rings. The van der Waals surface area contributed by atoms with Gasteiger partial charge >= 0.3 is 14.2 Å². The molecule has 2 atom stereocenters. The Morgan fingerprint density at radius 3 is 2.39 bits per heavy atom. The lowest BCUT2D eigenvalue weighted by Crippen LogP contribution is -2.33. The van der Waals surface area contributed by atoms with Gasteiger partial charge in [-0.15, -0.1) is 9.42 Å². The molecule has 0 aliphatic carbocycles. The number of halogens is 2. The molecule has 0 spiro atoms. The average molecular weight is 287 g/mol. The number of carbonyl (C=O) groups is 1. The Balaban J connectivity index is 4.28. The van der Waals surface area contributed by atoms with Crippen LogP contribution in [0.1, 0.15) is 26.7 Å². The molecule has 0 bridgehead atoms. The largest absolute Gasteiger partial charge is 0.695 e. The molecule has 5 nitrogen and oxygen atoms in total. The van der Waals surface area contributed by atoms with Crippen LogP contribution in [-0.4, -0.2) is 36.4 Å². The second-order valence-electron chi connectivity index (χ2n) is 4.20. The van der Waals surface area contributed by atoms with E-state index in [1.807, 2.05) is 13.8 Å². The molecule has 0 fully saturated rings. The van der Waals surface area contributed by atoms with Gasteiger partial charge in [-0.3, -0.25) is 4.79 Å². The van der Waals surface area contributed by atoms with E-state index >= 15 is 0 Å². The van der Waals surface area contributed by atoms with Crippen LogP contribution < -0.4 is 0 Å². The first kappa shape index (κ1) is 17.5. The van der Waals surface area contributed by atoms with Crippen LogP contribution in [0.25, 0.3) is 0 Å². The Kier molecular flexibility index (Phi) is 7.62. The van der Waals surface area contributed by atoms with E-state index in [2.05, 4.69) is 4.52 Å². The molecular formula is C10H18F2O5P+. The van der Waals surface area contributed by atoms with E-state index in [1.165, 1.54) is 7.11 Å². The van der Waals surface area contributed by atoms with Crippen molar-refractivity contribution in [3.63, 3.8) is 0 Å². The van der Waals surface area contributed by atoms with Gasteiger partial charge in [-0.2, -0.15) is 8.78 Å². The summed E-state index contributed by atoms with van der Waals surface area (Å²) in [5.74, 6) is -5.01. The minimum absolute atomic E-state index is 0.0260. The molecule has 0 saturated carbocycles. The van der Waals surface area contributed by atoms with Gasteiger partial charge in [0.2, 0.25) is 5.78 Å². The van der Waals surface area contributed by atoms with Crippen molar-refractivity contribution >= 4 is 14.0 Å². The Hall–Kier alpha value is -0.490. The van der Waals surface area contributed by atoms with Crippen molar-refractivity contribution in [1.82, 2.24) is 0 Å². The van der Waals surface area contributed by atoms with E-state index in [4.69, 9.17) is 9.63 Å². The van der Waals surface area contributed by atoms with Gasteiger partial charge in [0.15, 0.2) is 6.61 Å². The fourth-order valence-corrected chi connectivity index (χ4v) is 1.63. The molecule has 0 aliphatic rings. The zero-order valence-electron chi connectivity index (χ0n) is 10.6. The zero-order valence-corrected chi connectivity index (χ0v) is 11.5. The minimum atomic E-state index is -3.57.